The molecule has 0 radical (unpaired) electrons. The maximum Gasteiger partial charge on any atom is 0.276 e. The third kappa shape index (κ3) is 3.80. The van der Waals surface area contributed by atoms with Crippen LogP contribution in [0.1, 0.15) is 45.6 Å². The molecule has 3 rings (SSSR count). The Morgan fingerprint density at radius 2 is 1.76 bits per heavy atom. The lowest BCUT2D eigenvalue weighted by atomic mass is 9.55. The SMILES string of the molecule is C=C(CC(C)(C)C)N1CC2(CC(C(F)(F)c3cc(Cl)nc(Cl)c3)C2)C1. The van der Waals surface area contributed by atoms with E-state index >= 15 is 0 Å². The number of likely N-dealkylation sites (tertiary alicyclic amines) is 1. The van der Waals surface area contributed by atoms with E-state index in [1.807, 2.05) is 0 Å². The van der Waals surface area contributed by atoms with Crippen LogP contribution in [0.3, 0.4) is 0 Å². The fraction of sp³-hybridized carbons (Fsp3) is 0.632. The van der Waals surface area contributed by atoms with Crippen molar-refractivity contribution in [1.29, 1.82) is 0 Å². The van der Waals surface area contributed by atoms with Crippen LogP contribution in [0.4, 0.5) is 8.78 Å². The Labute approximate surface area is 158 Å². The van der Waals surface area contributed by atoms with Crippen LogP contribution < -0.4 is 0 Å². The second-order valence-corrected chi connectivity index (χ2v) is 9.66. The van der Waals surface area contributed by atoms with Crippen LogP contribution in [-0.4, -0.2) is 23.0 Å². The van der Waals surface area contributed by atoms with Gasteiger partial charge >= 0.3 is 0 Å². The zero-order valence-corrected chi connectivity index (χ0v) is 16.4. The minimum absolute atomic E-state index is 0.00418. The predicted octanol–water partition coefficient (Wildman–Crippen LogP) is 6.14. The van der Waals surface area contributed by atoms with Crippen molar-refractivity contribution in [2.45, 2.75) is 46.0 Å². The van der Waals surface area contributed by atoms with Gasteiger partial charge in [-0.3, -0.25) is 0 Å². The average molecular weight is 389 g/mol. The molecule has 0 bridgehead atoms. The molecule has 0 amide bonds. The lowest BCUT2D eigenvalue weighted by Gasteiger charge is -2.61. The van der Waals surface area contributed by atoms with Gasteiger partial charge in [-0.05, 0) is 36.8 Å². The van der Waals surface area contributed by atoms with Crippen molar-refractivity contribution < 1.29 is 8.78 Å². The maximum absolute atomic E-state index is 14.8. The summed E-state index contributed by atoms with van der Waals surface area (Å²) in [4.78, 5) is 5.98. The van der Waals surface area contributed by atoms with Gasteiger partial charge in [-0.1, -0.05) is 50.6 Å². The Bertz CT molecular complexity index is 663. The Hall–Kier alpha value is -0.870. The fourth-order valence-corrected chi connectivity index (χ4v) is 4.56. The van der Waals surface area contributed by atoms with Gasteiger partial charge in [0.15, 0.2) is 0 Å². The number of allylic oxidation sites excluding steroid dienone is 1. The van der Waals surface area contributed by atoms with Crippen LogP contribution in [0.25, 0.3) is 0 Å². The first-order valence-electron chi connectivity index (χ1n) is 8.54. The lowest BCUT2D eigenvalue weighted by molar-refractivity contribution is -0.180. The summed E-state index contributed by atoms with van der Waals surface area (Å²) in [6, 6.07) is 2.44. The van der Waals surface area contributed by atoms with Crippen molar-refractivity contribution in [1.82, 2.24) is 9.88 Å². The molecule has 1 aromatic heterocycles. The van der Waals surface area contributed by atoms with E-state index in [1.165, 1.54) is 12.1 Å². The minimum atomic E-state index is -2.93. The zero-order chi connectivity index (χ0) is 18.6. The summed E-state index contributed by atoms with van der Waals surface area (Å²) >= 11 is 11.6. The van der Waals surface area contributed by atoms with E-state index in [2.05, 4.69) is 37.2 Å². The first kappa shape index (κ1) is 18.9. The molecule has 1 spiro atoms. The quantitative estimate of drug-likeness (QED) is 0.575. The molecule has 2 fully saturated rings. The molecule has 1 saturated carbocycles. The van der Waals surface area contributed by atoms with E-state index < -0.39 is 11.8 Å². The summed E-state index contributed by atoms with van der Waals surface area (Å²) in [5.41, 5.74) is 1.19. The van der Waals surface area contributed by atoms with E-state index in [0.29, 0.717) is 12.8 Å². The molecule has 1 aliphatic heterocycles. The number of hydrogen-bond acceptors (Lipinski definition) is 2. The van der Waals surface area contributed by atoms with Gasteiger partial charge in [-0.15, -0.1) is 0 Å². The Morgan fingerprint density at radius 3 is 2.24 bits per heavy atom. The van der Waals surface area contributed by atoms with Crippen molar-refractivity contribution in [3.8, 4) is 0 Å². The first-order valence-corrected chi connectivity index (χ1v) is 9.30. The van der Waals surface area contributed by atoms with Crippen molar-refractivity contribution in [3.63, 3.8) is 0 Å². The van der Waals surface area contributed by atoms with Crippen LogP contribution in [0, 0.1) is 16.7 Å². The molecule has 2 nitrogen and oxygen atoms in total. The average Bonchev–Trinajstić information content (AvgIpc) is 2.31. The summed E-state index contributed by atoms with van der Waals surface area (Å²) in [6.45, 7) is 12.4. The van der Waals surface area contributed by atoms with Gasteiger partial charge in [0.2, 0.25) is 0 Å². The van der Waals surface area contributed by atoms with E-state index in [4.69, 9.17) is 23.2 Å². The van der Waals surface area contributed by atoms with Crippen LogP contribution in [0.15, 0.2) is 24.4 Å². The molecule has 0 unspecified atom stereocenters. The fourth-order valence-electron chi connectivity index (χ4n) is 4.10. The van der Waals surface area contributed by atoms with E-state index in [1.54, 1.807) is 0 Å². The number of nitrogens with zero attached hydrogens (tertiary/aromatic N) is 2. The molecule has 138 valence electrons. The normalized spacial score (nSPS) is 20.4. The topological polar surface area (TPSA) is 16.1 Å². The molecule has 6 heteroatoms. The van der Waals surface area contributed by atoms with Gasteiger partial charge < -0.3 is 4.90 Å². The van der Waals surface area contributed by atoms with Crippen molar-refractivity contribution in [3.05, 3.63) is 40.3 Å². The molecule has 2 heterocycles. The minimum Gasteiger partial charge on any atom is -0.374 e. The highest BCUT2D eigenvalue weighted by atomic mass is 35.5. The second kappa shape index (κ2) is 6.09. The van der Waals surface area contributed by atoms with Crippen LogP contribution in [0.5, 0.6) is 0 Å². The molecule has 1 aliphatic carbocycles. The Kier molecular flexibility index (Phi) is 4.61. The third-order valence-corrected chi connectivity index (χ3v) is 5.64. The summed E-state index contributed by atoms with van der Waals surface area (Å²) in [5, 5.41) is 0.00835. The van der Waals surface area contributed by atoms with Crippen LogP contribution in [0.2, 0.25) is 10.3 Å². The zero-order valence-electron chi connectivity index (χ0n) is 14.9. The highest BCUT2D eigenvalue weighted by molar-refractivity contribution is 6.32. The molecular formula is C19H24Cl2F2N2. The number of alkyl halides is 2. The predicted molar refractivity (Wildman–Crippen MR) is 98.1 cm³/mol. The molecule has 0 atom stereocenters. The summed E-state index contributed by atoms with van der Waals surface area (Å²) < 4.78 is 29.5. The number of rotatable bonds is 4. The molecule has 25 heavy (non-hydrogen) atoms. The van der Waals surface area contributed by atoms with E-state index in [9.17, 15) is 8.78 Å². The van der Waals surface area contributed by atoms with Gasteiger partial charge in [0.25, 0.3) is 5.92 Å². The van der Waals surface area contributed by atoms with Crippen molar-refractivity contribution >= 4 is 23.2 Å². The summed E-state index contributed by atoms with van der Waals surface area (Å²) in [6.07, 6.45) is 1.98. The summed E-state index contributed by atoms with van der Waals surface area (Å²) in [7, 11) is 0. The Morgan fingerprint density at radius 1 is 1.24 bits per heavy atom. The molecule has 0 N–H and O–H groups in total. The first-order chi connectivity index (χ1) is 11.4. The molecule has 1 saturated heterocycles. The highest BCUT2D eigenvalue weighted by Crippen LogP contribution is 2.60. The van der Waals surface area contributed by atoms with Crippen LogP contribution >= 0.6 is 23.2 Å². The standard InChI is InChI=1S/C19H24Cl2F2N2/c1-12(7-17(2,3)4)25-10-18(11-25)8-14(9-18)19(22,23)13-5-15(20)24-16(21)6-13/h5-6,14H,1,7-11H2,2-4H3. The highest BCUT2D eigenvalue weighted by Gasteiger charge is 2.60. The van der Waals surface area contributed by atoms with Gasteiger partial charge in [0.05, 0.1) is 0 Å². The molecular weight excluding hydrogens is 365 g/mol. The largest absolute Gasteiger partial charge is 0.374 e. The van der Waals surface area contributed by atoms with Gasteiger partial charge in [0.1, 0.15) is 10.3 Å². The monoisotopic (exact) mass is 388 g/mol. The number of pyridine rings is 1. The second-order valence-electron chi connectivity index (χ2n) is 8.89. The number of halogens is 4. The number of aromatic nitrogens is 1. The molecule has 1 aromatic rings. The molecule has 2 aliphatic rings. The van der Waals surface area contributed by atoms with Gasteiger partial charge in [0, 0.05) is 35.7 Å². The van der Waals surface area contributed by atoms with Crippen LogP contribution in [-0.2, 0) is 5.92 Å². The van der Waals surface area contributed by atoms with Crippen molar-refractivity contribution in [2.75, 3.05) is 13.1 Å². The van der Waals surface area contributed by atoms with Crippen molar-refractivity contribution in [2.24, 2.45) is 16.7 Å². The number of hydrogen-bond donors (Lipinski definition) is 0. The third-order valence-electron chi connectivity index (χ3n) is 5.25. The lowest BCUT2D eigenvalue weighted by Crippen LogP contribution is -2.63. The van der Waals surface area contributed by atoms with E-state index in [0.717, 1.165) is 25.2 Å². The molecule has 0 aromatic carbocycles. The maximum atomic E-state index is 14.8. The summed E-state index contributed by atoms with van der Waals surface area (Å²) in [5.74, 6) is -3.59. The Balaban J connectivity index is 1.59. The van der Waals surface area contributed by atoms with Gasteiger partial charge in [-0.25, -0.2) is 13.8 Å². The smallest absolute Gasteiger partial charge is 0.276 e. The van der Waals surface area contributed by atoms with E-state index in [-0.39, 0.29) is 26.7 Å². The van der Waals surface area contributed by atoms with Gasteiger partial charge in [-0.2, -0.15) is 0 Å².